The molecule has 0 spiro atoms. The second-order valence-corrected chi connectivity index (χ2v) is 7.95. The molecular weight excluding hydrogens is 400 g/mol. The van der Waals surface area contributed by atoms with Crippen LogP contribution in [0.5, 0.6) is 0 Å². The number of anilines is 1. The fraction of sp³-hybridized carbons (Fsp3) is 0.167. The van der Waals surface area contributed by atoms with Gasteiger partial charge in [-0.15, -0.1) is 0 Å². The van der Waals surface area contributed by atoms with Crippen LogP contribution in [0.25, 0.3) is 11.5 Å². The molecule has 0 saturated heterocycles. The summed E-state index contributed by atoms with van der Waals surface area (Å²) in [7, 11) is 0. The van der Waals surface area contributed by atoms with E-state index < -0.39 is 0 Å². The van der Waals surface area contributed by atoms with Gasteiger partial charge < -0.3 is 10.4 Å². The number of thiocarbonyl (C=S) groups is 1. The van der Waals surface area contributed by atoms with E-state index in [9.17, 15) is 5.11 Å². The van der Waals surface area contributed by atoms with Crippen LogP contribution in [-0.4, -0.2) is 4.99 Å². The smallest absolute Gasteiger partial charge is 0.238 e. The second-order valence-electron chi connectivity index (χ2n) is 7.13. The van der Waals surface area contributed by atoms with Crippen molar-refractivity contribution >= 4 is 46.0 Å². The lowest BCUT2D eigenvalue weighted by Gasteiger charge is -2.18. The van der Waals surface area contributed by atoms with E-state index in [0.717, 1.165) is 27.9 Å². The third kappa shape index (κ3) is 4.66. The summed E-state index contributed by atoms with van der Waals surface area (Å²) in [5.74, 6) is -0.138. The number of hydrogen-bond donors (Lipinski definition) is 1. The zero-order chi connectivity index (χ0) is 21.1. The molecule has 29 heavy (non-hydrogen) atoms. The number of nitrogens with one attached hydrogen (secondary N) is 1. The van der Waals surface area contributed by atoms with Gasteiger partial charge in [0.05, 0.1) is 0 Å². The number of aromatic nitrogens is 1. The van der Waals surface area contributed by atoms with E-state index >= 15 is 0 Å². The highest BCUT2D eigenvalue weighted by molar-refractivity contribution is 7.81. The quantitative estimate of drug-likeness (QED) is 0.279. The third-order valence-electron chi connectivity index (χ3n) is 4.92. The molecule has 0 bridgehead atoms. The van der Waals surface area contributed by atoms with Gasteiger partial charge in [-0.3, -0.25) is 0 Å². The first-order valence-electron chi connectivity index (χ1n) is 9.31. The summed E-state index contributed by atoms with van der Waals surface area (Å²) >= 11 is 11.9. The Bertz CT molecular complexity index is 1120. The Labute approximate surface area is 182 Å². The van der Waals surface area contributed by atoms with Crippen LogP contribution in [0.3, 0.4) is 0 Å². The van der Waals surface area contributed by atoms with Crippen molar-refractivity contribution in [3.8, 4) is 0 Å². The Balaban J connectivity index is 2.13. The first kappa shape index (κ1) is 21.0. The van der Waals surface area contributed by atoms with Gasteiger partial charge in [-0.2, -0.15) is 4.57 Å². The van der Waals surface area contributed by atoms with Crippen molar-refractivity contribution in [2.24, 2.45) is 0 Å². The van der Waals surface area contributed by atoms with E-state index in [1.54, 1.807) is 4.57 Å². The highest BCUT2D eigenvalue weighted by Gasteiger charge is 2.20. The topological polar surface area (TPSA) is 39.0 Å². The number of rotatable bonds is 4. The highest BCUT2D eigenvalue weighted by atomic mass is 35.5. The molecule has 148 valence electrons. The maximum atomic E-state index is 13.5. The van der Waals surface area contributed by atoms with Crippen LogP contribution in [0.4, 0.5) is 5.69 Å². The van der Waals surface area contributed by atoms with Gasteiger partial charge in [0.2, 0.25) is 5.70 Å². The maximum Gasteiger partial charge on any atom is 0.238 e. The van der Waals surface area contributed by atoms with E-state index in [-0.39, 0.29) is 5.76 Å². The molecule has 0 aliphatic heterocycles. The molecule has 0 atom stereocenters. The zero-order valence-corrected chi connectivity index (χ0v) is 18.5. The molecule has 0 unspecified atom stereocenters. The largest absolute Gasteiger partial charge is 0.867 e. The second kappa shape index (κ2) is 8.76. The Morgan fingerprint density at radius 1 is 1.00 bits per heavy atom. The first-order valence-corrected chi connectivity index (χ1v) is 10.1. The van der Waals surface area contributed by atoms with Crippen molar-refractivity contribution in [2.45, 2.75) is 27.7 Å². The minimum Gasteiger partial charge on any atom is -0.867 e. The van der Waals surface area contributed by atoms with E-state index in [2.05, 4.69) is 5.32 Å². The summed E-state index contributed by atoms with van der Waals surface area (Å²) in [4.78, 5) is 0.342. The van der Waals surface area contributed by atoms with Gasteiger partial charge in [0.15, 0.2) is 17.4 Å². The van der Waals surface area contributed by atoms with Crippen LogP contribution < -0.4 is 15.0 Å². The van der Waals surface area contributed by atoms with Crippen LogP contribution in [0.2, 0.25) is 5.02 Å². The van der Waals surface area contributed by atoms with Crippen LogP contribution in [0.15, 0.2) is 60.9 Å². The molecule has 0 amide bonds. The van der Waals surface area contributed by atoms with Gasteiger partial charge >= 0.3 is 0 Å². The summed E-state index contributed by atoms with van der Waals surface area (Å²) in [6.45, 7) is 7.92. The molecule has 2 aromatic carbocycles. The Hall–Kier alpha value is -2.69. The monoisotopic (exact) mass is 422 g/mol. The van der Waals surface area contributed by atoms with Gasteiger partial charge in [0.25, 0.3) is 0 Å². The minimum absolute atomic E-state index is 0.138. The fourth-order valence-corrected chi connectivity index (χ4v) is 3.50. The summed E-state index contributed by atoms with van der Waals surface area (Å²) in [5.41, 5.74) is 5.88. The van der Waals surface area contributed by atoms with Crippen LogP contribution >= 0.6 is 23.8 Å². The molecule has 0 radical (unpaired) electrons. The lowest BCUT2D eigenvalue weighted by Crippen LogP contribution is -2.40. The Morgan fingerprint density at radius 2 is 1.76 bits per heavy atom. The van der Waals surface area contributed by atoms with E-state index in [0.29, 0.717) is 21.3 Å². The number of pyridine rings is 1. The molecule has 0 aliphatic rings. The van der Waals surface area contributed by atoms with Crippen molar-refractivity contribution in [3.05, 3.63) is 93.8 Å². The van der Waals surface area contributed by atoms with Crippen molar-refractivity contribution in [1.29, 1.82) is 0 Å². The van der Waals surface area contributed by atoms with Gasteiger partial charge in [-0.1, -0.05) is 48.1 Å². The van der Waals surface area contributed by atoms with Crippen molar-refractivity contribution < 1.29 is 9.67 Å². The summed E-state index contributed by atoms with van der Waals surface area (Å²) < 4.78 is 1.78. The molecular formula is C24H23ClN2OS. The summed E-state index contributed by atoms with van der Waals surface area (Å²) in [6, 6.07) is 15.2. The molecule has 5 heteroatoms. The highest BCUT2D eigenvalue weighted by Crippen LogP contribution is 2.25. The summed E-state index contributed by atoms with van der Waals surface area (Å²) in [6.07, 6.45) is 3.73. The Morgan fingerprint density at radius 3 is 2.45 bits per heavy atom. The SMILES string of the molecule is Cc1ccc[n+](C(C(=S)Nc2cccc(Cl)c2C)=C([O-])c2ccc(C)c(C)c2)c1. The molecule has 3 nitrogen and oxygen atoms in total. The molecule has 3 aromatic rings. The normalized spacial score (nSPS) is 11.8. The number of benzene rings is 2. The first-order chi connectivity index (χ1) is 13.8. The minimum atomic E-state index is -0.138. The van der Waals surface area contributed by atoms with E-state index in [4.69, 9.17) is 23.8 Å². The summed E-state index contributed by atoms with van der Waals surface area (Å²) in [5, 5.41) is 17.3. The molecule has 1 aromatic heterocycles. The maximum absolute atomic E-state index is 13.5. The molecule has 0 fully saturated rings. The average Bonchev–Trinajstić information content (AvgIpc) is 2.68. The predicted octanol–water partition coefficient (Wildman–Crippen LogP) is 4.99. The number of halogens is 1. The van der Waals surface area contributed by atoms with E-state index in [1.807, 2.05) is 88.6 Å². The third-order valence-corrected chi connectivity index (χ3v) is 5.63. The lowest BCUT2D eigenvalue weighted by atomic mass is 10.0. The van der Waals surface area contributed by atoms with Gasteiger partial charge in [0.1, 0.15) is 0 Å². The molecule has 0 aliphatic carbocycles. The number of aryl methyl sites for hydroxylation is 3. The van der Waals surface area contributed by atoms with E-state index in [1.165, 1.54) is 0 Å². The van der Waals surface area contributed by atoms with Gasteiger partial charge in [0, 0.05) is 22.3 Å². The molecule has 3 rings (SSSR count). The zero-order valence-electron chi connectivity index (χ0n) is 16.9. The van der Waals surface area contributed by atoms with Crippen LogP contribution in [-0.2, 0) is 0 Å². The van der Waals surface area contributed by atoms with Crippen molar-refractivity contribution in [1.82, 2.24) is 0 Å². The van der Waals surface area contributed by atoms with Crippen molar-refractivity contribution in [3.63, 3.8) is 0 Å². The number of hydrogen-bond acceptors (Lipinski definition) is 2. The molecule has 1 N–H and O–H groups in total. The van der Waals surface area contributed by atoms with Gasteiger partial charge in [-0.25, -0.2) is 0 Å². The van der Waals surface area contributed by atoms with Crippen LogP contribution in [0.1, 0.15) is 27.8 Å². The Kier molecular flexibility index (Phi) is 6.36. The predicted molar refractivity (Wildman–Crippen MR) is 123 cm³/mol. The standard InChI is InChI=1S/C24H23ClN2OS/c1-15-7-6-12-27(14-15)22(23(28)19-11-10-16(2)17(3)13-19)24(29)26-21-9-5-8-20(25)18(21)4/h5-14H,1-4H3,(H-,26,28,29). The molecule has 1 heterocycles. The lowest BCUT2D eigenvalue weighted by molar-refractivity contribution is -0.578. The average molecular weight is 423 g/mol. The number of nitrogens with zero attached hydrogens (tertiary/aromatic N) is 1. The van der Waals surface area contributed by atoms with Gasteiger partial charge in [-0.05, 0) is 73.9 Å². The molecule has 0 saturated carbocycles. The fourth-order valence-electron chi connectivity index (χ4n) is 3.01. The van der Waals surface area contributed by atoms with Crippen molar-refractivity contribution in [2.75, 3.05) is 5.32 Å². The van der Waals surface area contributed by atoms with Crippen LogP contribution in [0, 0.1) is 27.7 Å².